The minimum absolute atomic E-state index is 0.0996. The van der Waals surface area contributed by atoms with Crippen LogP contribution >= 0.6 is 0 Å². The summed E-state index contributed by atoms with van der Waals surface area (Å²) in [5, 5.41) is 21.7. The third kappa shape index (κ3) is 5.93. The lowest BCUT2D eigenvalue weighted by atomic mass is 9.99. The minimum atomic E-state index is -4.93. The quantitative estimate of drug-likeness (QED) is 0.285. The Morgan fingerprint density at radius 3 is 2.47 bits per heavy atom. The maximum atomic E-state index is 14.7. The molecule has 0 aliphatic rings. The number of allylic oxidation sites excluding steroid dienone is 1. The summed E-state index contributed by atoms with van der Waals surface area (Å²) in [5.41, 5.74) is 3.74. The molecule has 0 spiro atoms. The number of hydrogen-bond acceptors (Lipinski definition) is 6. The number of nitrogens with two attached hydrogens (primary N) is 1. The summed E-state index contributed by atoms with van der Waals surface area (Å²) in [5.74, 6) is -2.45. The Hall–Kier alpha value is -4.09. The molecule has 36 heavy (non-hydrogen) atoms. The molecule has 2 aromatic carbocycles. The summed E-state index contributed by atoms with van der Waals surface area (Å²) in [6.45, 7) is -0.593. The van der Waals surface area contributed by atoms with Gasteiger partial charge in [-0.25, -0.2) is 9.37 Å². The molecule has 3 aromatic rings. The lowest BCUT2D eigenvalue weighted by Crippen LogP contribution is -2.19. The average molecular weight is 502 g/mol. The number of nitrogens with zero attached hydrogens (tertiary/aromatic N) is 2. The lowest BCUT2D eigenvalue weighted by molar-refractivity contribution is -0.138. The van der Waals surface area contributed by atoms with E-state index in [1.165, 1.54) is 25.4 Å². The van der Waals surface area contributed by atoms with Gasteiger partial charge in [-0.15, -0.1) is 0 Å². The SMILES string of the molecule is CN=CC=C(N)c1cc(C(=O)Nc2ccc(C(O)CO)nc2-c2ccccc2)c(F)cc1C(F)(F)F. The van der Waals surface area contributed by atoms with Gasteiger partial charge in [0.25, 0.3) is 5.91 Å². The molecular formula is C25H22F4N4O3. The lowest BCUT2D eigenvalue weighted by Gasteiger charge is -2.17. The maximum absolute atomic E-state index is 14.7. The minimum Gasteiger partial charge on any atom is -0.398 e. The van der Waals surface area contributed by atoms with Crippen molar-refractivity contribution in [2.24, 2.45) is 10.7 Å². The number of amides is 1. The highest BCUT2D eigenvalue weighted by atomic mass is 19.4. The van der Waals surface area contributed by atoms with E-state index in [1.54, 1.807) is 30.3 Å². The molecule has 0 bridgehead atoms. The number of aliphatic hydroxyl groups is 2. The summed E-state index contributed by atoms with van der Waals surface area (Å²) in [4.78, 5) is 20.9. The molecule has 11 heteroatoms. The molecule has 0 saturated heterocycles. The van der Waals surface area contributed by atoms with E-state index in [9.17, 15) is 32.6 Å². The molecule has 5 N–H and O–H groups in total. The zero-order chi connectivity index (χ0) is 26.5. The van der Waals surface area contributed by atoms with Crippen LogP contribution in [-0.4, -0.2) is 41.0 Å². The number of carbonyl (C=O) groups is 1. The number of rotatable bonds is 7. The van der Waals surface area contributed by atoms with Crippen LogP contribution in [-0.2, 0) is 6.18 Å². The van der Waals surface area contributed by atoms with Gasteiger partial charge in [-0.2, -0.15) is 13.2 Å². The molecule has 0 fully saturated rings. The van der Waals surface area contributed by atoms with Gasteiger partial charge in [-0.3, -0.25) is 9.79 Å². The van der Waals surface area contributed by atoms with Gasteiger partial charge in [0, 0.05) is 30.1 Å². The van der Waals surface area contributed by atoms with Crippen LogP contribution in [0.15, 0.2) is 65.7 Å². The summed E-state index contributed by atoms with van der Waals surface area (Å²) in [6, 6.07) is 12.2. The molecule has 1 aromatic heterocycles. The molecule has 0 radical (unpaired) electrons. The Morgan fingerprint density at radius 1 is 1.17 bits per heavy atom. The second-order valence-electron chi connectivity index (χ2n) is 7.56. The fourth-order valence-corrected chi connectivity index (χ4v) is 3.33. The molecule has 1 heterocycles. The van der Waals surface area contributed by atoms with Gasteiger partial charge in [-0.1, -0.05) is 30.3 Å². The molecule has 1 unspecified atom stereocenters. The van der Waals surface area contributed by atoms with Crippen molar-refractivity contribution in [2.45, 2.75) is 12.3 Å². The molecule has 0 aliphatic heterocycles. The predicted molar refractivity (Wildman–Crippen MR) is 128 cm³/mol. The van der Waals surface area contributed by atoms with Gasteiger partial charge < -0.3 is 21.3 Å². The Balaban J connectivity index is 2.09. The Labute approximate surface area is 203 Å². The fraction of sp³-hybridized carbons (Fsp3) is 0.160. The van der Waals surface area contributed by atoms with Gasteiger partial charge in [0.1, 0.15) is 11.9 Å². The fourth-order valence-electron chi connectivity index (χ4n) is 3.33. The van der Waals surface area contributed by atoms with Crippen LogP contribution < -0.4 is 11.1 Å². The van der Waals surface area contributed by atoms with Crippen LogP contribution in [0.1, 0.15) is 33.3 Å². The normalized spacial score (nSPS) is 13.1. The number of halogens is 4. The monoisotopic (exact) mass is 502 g/mol. The number of aromatic nitrogens is 1. The zero-order valence-electron chi connectivity index (χ0n) is 18.9. The summed E-state index contributed by atoms with van der Waals surface area (Å²) < 4.78 is 55.3. The van der Waals surface area contributed by atoms with Gasteiger partial charge in [0.15, 0.2) is 0 Å². The van der Waals surface area contributed by atoms with Crippen molar-refractivity contribution in [2.75, 3.05) is 19.0 Å². The predicted octanol–water partition coefficient (Wildman–Crippen LogP) is 4.18. The number of alkyl halides is 3. The molecule has 1 atom stereocenters. The van der Waals surface area contributed by atoms with E-state index in [2.05, 4.69) is 15.3 Å². The third-order valence-electron chi connectivity index (χ3n) is 5.10. The molecule has 188 valence electrons. The Morgan fingerprint density at radius 2 is 1.86 bits per heavy atom. The van der Waals surface area contributed by atoms with Crippen LogP contribution in [0.25, 0.3) is 17.0 Å². The van der Waals surface area contributed by atoms with Crippen molar-refractivity contribution in [1.29, 1.82) is 0 Å². The van der Waals surface area contributed by atoms with Crippen molar-refractivity contribution >= 4 is 23.5 Å². The highest BCUT2D eigenvalue weighted by molar-refractivity contribution is 6.06. The third-order valence-corrected chi connectivity index (χ3v) is 5.10. The first kappa shape index (κ1) is 26.5. The number of pyridine rings is 1. The second-order valence-corrected chi connectivity index (χ2v) is 7.56. The van der Waals surface area contributed by atoms with E-state index in [-0.39, 0.29) is 28.8 Å². The van der Waals surface area contributed by atoms with E-state index < -0.39 is 47.3 Å². The van der Waals surface area contributed by atoms with Gasteiger partial charge in [0.05, 0.1) is 34.8 Å². The van der Waals surface area contributed by atoms with Crippen molar-refractivity contribution in [3.8, 4) is 11.3 Å². The summed E-state index contributed by atoms with van der Waals surface area (Å²) >= 11 is 0. The van der Waals surface area contributed by atoms with E-state index >= 15 is 0 Å². The average Bonchev–Trinajstić information content (AvgIpc) is 2.86. The number of benzene rings is 2. The van der Waals surface area contributed by atoms with E-state index in [0.717, 1.165) is 12.1 Å². The molecule has 0 saturated carbocycles. The highest BCUT2D eigenvalue weighted by Gasteiger charge is 2.36. The molecule has 3 rings (SSSR count). The number of nitrogens with one attached hydrogen (secondary N) is 1. The van der Waals surface area contributed by atoms with E-state index in [1.807, 2.05) is 0 Å². The molecular weight excluding hydrogens is 480 g/mol. The van der Waals surface area contributed by atoms with Gasteiger partial charge in [0.2, 0.25) is 0 Å². The summed E-state index contributed by atoms with van der Waals surface area (Å²) in [6.07, 6.45) is -3.94. The van der Waals surface area contributed by atoms with Crippen LogP contribution in [0.3, 0.4) is 0 Å². The number of aliphatic imine (C=N–C) groups is 1. The number of aliphatic hydroxyl groups excluding tert-OH is 2. The van der Waals surface area contributed by atoms with Crippen molar-refractivity contribution in [1.82, 2.24) is 4.98 Å². The molecule has 0 aliphatic carbocycles. The second kappa shape index (κ2) is 11.1. The Bertz CT molecular complexity index is 1310. The highest BCUT2D eigenvalue weighted by Crippen LogP contribution is 2.36. The first-order chi connectivity index (χ1) is 17.1. The number of anilines is 1. The maximum Gasteiger partial charge on any atom is 0.417 e. The first-order valence-corrected chi connectivity index (χ1v) is 10.5. The zero-order valence-corrected chi connectivity index (χ0v) is 18.9. The van der Waals surface area contributed by atoms with Crippen LogP contribution in [0.4, 0.5) is 23.2 Å². The smallest absolute Gasteiger partial charge is 0.398 e. The number of hydrogen-bond donors (Lipinski definition) is 4. The topological polar surface area (TPSA) is 121 Å². The molecule has 1 amide bonds. The first-order valence-electron chi connectivity index (χ1n) is 10.5. The molecule has 7 nitrogen and oxygen atoms in total. The standard InChI is InChI=1S/C25H22F4N4O3/c1-31-10-9-19(30)15-11-16(18(26)12-17(15)25(27,28)29)24(36)33-21-8-7-20(22(35)13-34)32-23(21)14-5-3-2-4-6-14/h2-12,22,34-35H,13,30H2,1H3,(H,33,36). The van der Waals surface area contributed by atoms with Crippen LogP contribution in [0, 0.1) is 5.82 Å². The van der Waals surface area contributed by atoms with Crippen molar-refractivity contribution < 1.29 is 32.6 Å². The summed E-state index contributed by atoms with van der Waals surface area (Å²) in [7, 11) is 1.39. The van der Waals surface area contributed by atoms with Gasteiger partial charge >= 0.3 is 6.18 Å². The van der Waals surface area contributed by atoms with Crippen molar-refractivity contribution in [3.05, 3.63) is 88.9 Å². The Kier molecular flexibility index (Phi) is 8.18. The van der Waals surface area contributed by atoms with Crippen LogP contribution in [0.2, 0.25) is 0 Å². The van der Waals surface area contributed by atoms with E-state index in [4.69, 9.17) is 5.73 Å². The van der Waals surface area contributed by atoms with E-state index in [0.29, 0.717) is 5.56 Å². The number of carbonyl (C=O) groups excluding carboxylic acids is 1. The van der Waals surface area contributed by atoms with Gasteiger partial charge in [-0.05, 0) is 30.3 Å². The largest absolute Gasteiger partial charge is 0.417 e. The van der Waals surface area contributed by atoms with Crippen molar-refractivity contribution in [3.63, 3.8) is 0 Å². The van der Waals surface area contributed by atoms with Crippen LogP contribution in [0.5, 0.6) is 0 Å².